The van der Waals surface area contributed by atoms with Gasteiger partial charge in [-0.25, -0.2) is 0 Å². The van der Waals surface area contributed by atoms with Gasteiger partial charge in [0.05, 0.1) is 11.5 Å². The summed E-state index contributed by atoms with van der Waals surface area (Å²) in [4.78, 5) is 14.6. The van der Waals surface area contributed by atoms with Gasteiger partial charge in [-0.3, -0.25) is 11.3 Å². The first-order valence-electron chi connectivity index (χ1n) is 4.87. The number of hydrogen-bond donors (Lipinski definition) is 0. The molecule has 6 heteroatoms. The van der Waals surface area contributed by atoms with E-state index in [9.17, 15) is 4.91 Å². The monoisotopic (exact) mass is 420 g/mol. The number of anilines is 1. The molecule has 17 heavy (non-hydrogen) atoms. The molecule has 0 saturated carbocycles. The van der Waals surface area contributed by atoms with Crippen LogP contribution in [0.5, 0.6) is 0 Å². The van der Waals surface area contributed by atoms with Crippen molar-refractivity contribution in [3.05, 3.63) is 34.6 Å². The number of rotatable bonds is 5. The van der Waals surface area contributed by atoms with E-state index >= 15 is 0 Å². The van der Waals surface area contributed by atoms with Gasteiger partial charge in [0.2, 0.25) is 0 Å². The molecule has 2 aromatic heterocycles. The van der Waals surface area contributed by atoms with Gasteiger partial charge in [-0.1, -0.05) is 11.2 Å². The SMILES string of the molecule is CN(CCN=O)c1ccc(-c2cc[c-]s2)s1.[Tm]. The van der Waals surface area contributed by atoms with Crippen LogP contribution >= 0.6 is 22.7 Å². The quantitative estimate of drug-likeness (QED) is 0.548. The van der Waals surface area contributed by atoms with Crippen molar-refractivity contribution in [2.75, 3.05) is 25.0 Å². The van der Waals surface area contributed by atoms with Crippen molar-refractivity contribution in [1.29, 1.82) is 0 Å². The summed E-state index contributed by atoms with van der Waals surface area (Å²) in [6.07, 6.45) is 0. The fourth-order valence-electron chi connectivity index (χ4n) is 1.34. The predicted molar refractivity (Wildman–Crippen MR) is 70.4 cm³/mol. The van der Waals surface area contributed by atoms with Crippen LogP contribution in [0.3, 0.4) is 0 Å². The Kier molecular flexibility index (Phi) is 6.63. The Bertz CT molecular complexity index is 456. The molecule has 0 atom stereocenters. The molecule has 0 fully saturated rings. The predicted octanol–water partition coefficient (Wildman–Crippen LogP) is 3.48. The third-order valence-corrected chi connectivity index (χ3v) is 4.40. The summed E-state index contributed by atoms with van der Waals surface area (Å²) in [5.74, 6) is 0. The van der Waals surface area contributed by atoms with Crippen molar-refractivity contribution in [3.8, 4) is 9.75 Å². The zero-order valence-corrected chi connectivity index (χ0v) is 12.5. The number of nitroso groups, excluding NO2 is 1. The molecule has 0 aliphatic rings. The van der Waals surface area contributed by atoms with Gasteiger partial charge in [0.1, 0.15) is 0 Å². The summed E-state index contributed by atoms with van der Waals surface area (Å²) in [6, 6.07) is 8.17. The van der Waals surface area contributed by atoms with Gasteiger partial charge in [-0.2, -0.15) is 17.0 Å². The first kappa shape index (κ1) is 15.1. The van der Waals surface area contributed by atoms with Crippen LogP contribution in [0, 0.1) is 47.2 Å². The Morgan fingerprint density at radius 3 is 2.82 bits per heavy atom. The molecule has 2 heterocycles. The summed E-state index contributed by atoms with van der Waals surface area (Å²) < 4.78 is 0. The van der Waals surface area contributed by atoms with Crippen LogP contribution in [0.2, 0.25) is 0 Å². The van der Waals surface area contributed by atoms with Gasteiger partial charge >= 0.3 is 0 Å². The maximum Gasteiger partial charge on any atom is 0.0986 e. The van der Waals surface area contributed by atoms with Crippen LogP contribution in [0.25, 0.3) is 9.75 Å². The topological polar surface area (TPSA) is 32.7 Å². The van der Waals surface area contributed by atoms with Crippen molar-refractivity contribution in [1.82, 2.24) is 0 Å². The molecule has 2 aromatic rings. The average Bonchev–Trinajstić information content (AvgIpc) is 2.94. The second kappa shape index (κ2) is 7.46. The summed E-state index contributed by atoms with van der Waals surface area (Å²) >= 11 is 3.34. The van der Waals surface area contributed by atoms with Gasteiger partial charge < -0.3 is 4.90 Å². The van der Waals surface area contributed by atoms with E-state index in [0.29, 0.717) is 13.1 Å². The van der Waals surface area contributed by atoms with E-state index in [-0.39, 0.29) is 36.9 Å². The van der Waals surface area contributed by atoms with Crippen molar-refractivity contribution >= 4 is 27.7 Å². The van der Waals surface area contributed by atoms with Gasteiger partial charge in [0, 0.05) is 50.5 Å². The molecule has 3 nitrogen and oxygen atoms in total. The van der Waals surface area contributed by atoms with Gasteiger partial charge in [0.15, 0.2) is 0 Å². The Balaban J connectivity index is 0.00000144. The van der Waals surface area contributed by atoms with Crippen molar-refractivity contribution in [2.45, 2.75) is 0 Å². The summed E-state index contributed by atoms with van der Waals surface area (Å²) in [5.41, 5.74) is 0. The molecule has 0 aliphatic carbocycles. The normalized spacial score (nSPS) is 9.71. The molecular weight excluding hydrogens is 409 g/mol. The van der Waals surface area contributed by atoms with Gasteiger partial charge in [-0.15, -0.1) is 21.6 Å². The Morgan fingerprint density at radius 2 is 2.18 bits per heavy atom. The molecule has 2 rings (SSSR count). The van der Waals surface area contributed by atoms with Crippen LogP contribution in [-0.2, 0) is 0 Å². The number of hydrogen-bond acceptors (Lipinski definition) is 5. The molecule has 0 aromatic carbocycles. The summed E-state index contributed by atoms with van der Waals surface area (Å²) in [6.45, 7) is 0.997. The smallest absolute Gasteiger partial charge is 0.0986 e. The zero-order chi connectivity index (χ0) is 11.4. The summed E-state index contributed by atoms with van der Waals surface area (Å²) in [5, 5.41) is 7.11. The molecule has 0 aliphatic heterocycles. The molecule has 0 amide bonds. The van der Waals surface area contributed by atoms with E-state index in [2.05, 4.69) is 28.8 Å². The van der Waals surface area contributed by atoms with Crippen LogP contribution in [-0.4, -0.2) is 20.1 Å². The third kappa shape index (κ3) is 4.02. The fourth-order valence-corrected chi connectivity index (χ4v) is 3.07. The van der Waals surface area contributed by atoms with Crippen LogP contribution in [0.15, 0.2) is 29.4 Å². The second-order valence-electron chi connectivity index (χ2n) is 3.33. The van der Waals surface area contributed by atoms with Crippen molar-refractivity contribution < 1.29 is 36.9 Å². The van der Waals surface area contributed by atoms with Crippen molar-refractivity contribution in [3.63, 3.8) is 0 Å². The fraction of sp³-hybridized carbons (Fsp3) is 0.273. The number of thiophene rings is 2. The third-order valence-electron chi connectivity index (χ3n) is 2.21. The zero-order valence-electron chi connectivity index (χ0n) is 9.12. The van der Waals surface area contributed by atoms with Gasteiger partial charge in [0.25, 0.3) is 0 Å². The Hall–Kier alpha value is 0.0338. The Labute approximate surface area is 138 Å². The Morgan fingerprint density at radius 1 is 1.35 bits per heavy atom. The van der Waals surface area contributed by atoms with Crippen molar-refractivity contribution in [2.24, 2.45) is 5.18 Å². The standard InChI is InChI=1S/C11H11N2OS2.Tm/c1-13(7-6-12-14)11-5-4-10(16-11)9-3-2-8-15-9;/h2-5H,6-7H2,1H3;/q-1;. The number of nitrogens with zero attached hydrogens (tertiary/aromatic N) is 2. The molecule has 0 N–H and O–H groups in total. The number of likely N-dealkylation sites (N-methyl/N-ethyl adjacent to an activating group) is 1. The maximum atomic E-state index is 10.1. The minimum Gasteiger partial charge on any atom is -0.365 e. The second-order valence-corrected chi connectivity index (χ2v) is 5.27. The van der Waals surface area contributed by atoms with Crippen LogP contribution in [0.4, 0.5) is 5.00 Å². The van der Waals surface area contributed by atoms with E-state index in [1.165, 1.54) is 9.75 Å². The minimum absolute atomic E-state index is 0. The van der Waals surface area contributed by atoms with E-state index < -0.39 is 0 Å². The summed E-state index contributed by atoms with van der Waals surface area (Å²) in [7, 11) is 1.97. The molecule has 0 bridgehead atoms. The molecule has 0 saturated heterocycles. The van der Waals surface area contributed by atoms with E-state index in [1.54, 1.807) is 22.7 Å². The molecular formula is C11H11N2OS2Tm-. The first-order valence-corrected chi connectivity index (χ1v) is 6.51. The largest absolute Gasteiger partial charge is 0.365 e. The van der Waals surface area contributed by atoms with Gasteiger partial charge in [-0.05, 0) is 10.9 Å². The minimum atomic E-state index is 0. The van der Waals surface area contributed by atoms with E-state index in [1.807, 2.05) is 18.0 Å². The van der Waals surface area contributed by atoms with E-state index in [0.717, 1.165) is 5.00 Å². The molecule has 0 unspecified atom stereocenters. The molecule has 1 radical (unpaired) electrons. The molecule has 0 spiro atoms. The van der Waals surface area contributed by atoms with Crippen LogP contribution < -0.4 is 4.90 Å². The molecule has 97 valence electrons. The average molecular weight is 420 g/mol. The van der Waals surface area contributed by atoms with Crippen LogP contribution in [0.1, 0.15) is 0 Å². The first-order chi connectivity index (χ1) is 7.81. The van der Waals surface area contributed by atoms with E-state index in [4.69, 9.17) is 0 Å². The maximum absolute atomic E-state index is 10.1.